The fourth-order valence-electron chi connectivity index (χ4n) is 2.27. The Hall–Kier alpha value is -1.34. The summed E-state index contributed by atoms with van der Waals surface area (Å²) in [5.74, 6) is -1.28. The SMILES string of the molecule is O=C(O)C(O)CCNC(=O)N1CCCC1CCCO. The van der Waals surface area contributed by atoms with Crippen molar-refractivity contribution in [3.63, 3.8) is 0 Å². The largest absolute Gasteiger partial charge is 0.479 e. The van der Waals surface area contributed by atoms with Gasteiger partial charge >= 0.3 is 12.0 Å². The molecule has 7 nitrogen and oxygen atoms in total. The molecular formula is C12H22N2O5. The molecule has 0 aromatic heterocycles. The van der Waals surface area contributed by atoms with Crippen molar-refractivity contribution >= 4 is 12.0 Å². The first-order chi connectivity index (χ1) is 9.06. The molecule has 2 unspecified atom stereocenters. The van der Waals surface area contributed by atoms with E-state index in [9.17, 15) is 9.59 Å². The van der Waals surface area contributed by atoms with Gasteiger partial charge in [-0.05, 0) is 25.7 Å². The van der Waals surface area contributed by atoms with Crippen molar-refractivity contribution in [3.8, 4) is 0 Å². The molecule has 0 aromatic carbocycles. The Labute approximate surface area is 112 Å². The monoisotopic (exact) mass is 274 g/mol. The van der Waals surface area contributed by atoms with E-state index in [0.717, 1.165) is 19.3 Å². The van der Waals surface area contributed by atoms with Crippen molar-refractivity contribution in [3.05, 3.63) is 0 Å². The summed E-state index contributed by atoms with van der Waals surface area (Å²) in [6, 6.07) is -0.0745. The molecule has 1 aliphatic heterocycles. The van der Waals surface area contributed by atoms with Gasteiger partial charge in [0, 0.05) is 32.2 Å². The minimum Gasteiger partial charge on any atom is -0.479 e. The van der Waals surface area contributed by atoms with Crippen LogP contribution < -0.4 is 5.32 Å². The zero-order chi connectivity index (χ0) is 14.3. The molecule has 1 heterocycles. The molecule has 1 rings (SSSR count). The van der Waals surface area contributed by atoms with Crippen molar-refractivity contribution in [2.24, 2.45) is 0 Å². The number of likely N-dealkylation sites (tertiary alicyclic amines) is 1. The van der Waals surface area contributed by atoms with Crippen molar-refractivity contribution < 1.29 is 24.9 Å². The van der Waals surface area contributed by atoms with E-state index in [2.05, 4.69) is 5.32 Å². The summed E-state index contributed by atoms with van der Waals surface area (Å²) in [4.78, 5) is 24.0. The first-order valence-corrected chi connectivity index (χ1v) is 6.62. The average molecular weight is 274 g/mol. The number of urea groups is 1. The number of hydrogen-bond donors (Lipinski definition) is 4. The number of carbonyl (C=O) groups is 2. The first-order valence-electron chi connectivity index (χ1n) is 6.62. The van der Waals surface area contributed by atoms with Crippen molar-refractivity contribution in [2.45, 2.75) is 44.2 Å². The maximum absolute atomic E-state index is 11.9. The zero-order valence-corrected chi connectivity index (χ0v) is 10.9. The lowest BCUT2D eigenvalue weighted by Crippen LogP contribution is -2.43. The minimum absolute atomic E-state index is 0.00375. The van der Waals surface area contributed by atoms with Gasteiger partial charge in [-0.2, -0.15) is 0 Å². The van der Waals surface area contributed by atoms with E-state index in [0.29, 0.717) is 13.0 Å². The highest BCUT2D eigenvalue weighted by Gasteiger charge is 2.28. The van der Waals surface area contributed by atoms with Crippen LogP contribution >= 0.6 is 0 Å². The summed E-state index contributed by atoms with van der Waals surface area (Å²) < 4.78 is 0. The Morgan fingerprint density at radius 2 is 2.16 bits per heavy atom. The van der Waals surface area contributed by atoms with E-state index < -0.39 is 12.1 Å². The summed E-state index contributed by atoms with van der Waals surface area (Å²) in [5.41, 5.74) is 0. The van der Waals surface area contributed by atoms with Gasteiger partial charge in [-0.25, -0.2) is 9.59 Å². The van der Waals surface area contributed by atoms with Gasteiger partial charge in [-0.1, -0.05) is 0 Å². The van der Waals surface area contributed by atoms with E-state index in [1.807, 2.05) is 0 Å². The number of hydrogen-bond acceptors (Lipinski definition) is 4. The number of nitrogens with zero attached hydrogens (tertiary/aromatic N) is 1. The van der Waals surface area contributed by atoms with Gasteiger partial charge < -0.3 is 25.5 Å². The van der Waals surface area contributed by atoms with Gasteiger partial charge in [0.25, 0.3) is 0 Å². The third kappa shape index (κ3) is 5.04. The van der Waals surface area contributed by atoms with E-state index in [1.54, 1.807) is 4.90 Å². The molecule has 1 fully saturated rings. The number of aliphatic hydroxyl groups is 2. The summed E-state index contributed by atoms with van der Waals surface area (Å²) in [7, 11) is 0. The van der Waals surface area contributed by atoms with Crippen LogP contribution in [-0.4, -0.2) is 64.1 Å². The molecule has 19 heavy (non-hydrogen) atoms. The van der Waals surface area contributed by atoms with Crippen molar-refractivity contribution in [2.75, 3.05) is 19.7 Å². The molecule has 110 valence electrons. The second kappa shape index (κ2) is 7.96. The lowest BCUT2D eigenvalue weighted by molar-refractivity contribution is -0.146. The molecular weight excluding hydrogens is 252 g/mol. The number of aliphatic carboxylic acids is 1. The standard InChI is InChI=1S/C12H22N2O5/c15-8-2-4-9-3-1-7-14(9)12(19)13-6-5-10(16)11(17)18/h9-10,15-16H,1-8H2,(H,13,19)(H,17,18). The topological polar surface area (TPSA) is 110 Å². The zero-order valence-electron chi connectivity index (χ0n) is 10.9. The van der Waals surface area contributed by atoms with E-state index in [-0.39, 0.29) is 31.6 Å². The molecule has 0 spiro atoms. The van der Waals surface area contributed by atoms with Crippen LogP contribution in [0.25, 0.3) is 0 Å². The molecule has 4 N–H and O–H groups in total. The van der Waals surface area contributed by atoms with Crippen LogP contribution in [0.15, 0.2) is 0 Å². The third-order valence-electron chi connectivity index (χ3n) is 3.31. The maximum atomic E-state index is 11.9. The molecule has 1 saturated heterocycles. The Morgan fingerprint density at radius 1 is 1.42 bits per heavy atom. The Balaban J connectivity index is 2.30. The molecule has 0 saturated carbocycles. The highest BCUT2D eigenvalue weighted by molar-refractivity contribution is 5.75. The summed E-state index contributed by atoms with van der Waals surface area (Å²) in [5, 5.41) is 29.0. The third-order valence-corrected chi connectivity index (χ3v) is 3.31. The van der Waals surface area contributed by atoms with Crippen LogP contribution in [0.3, 0.4) is 0 Å². The number of carboxylic acid groups (broad SMARTS) is 1. The van der Waals surface area contributed by atoms with Crippen LogP contribution in [0.2, 0.25) is 0 Å². The van der Waals surface area contributed by atoms with Gasteiger partial charge in [0.15, 0.2) is 6.10 Å². The quantitative estimate of drug-likeness (QED) is 0.512. The summed E-state index contributed by atoms with van der Waals surface area (Å²) in [6.45, 7) is 0.940. The normalized spacial score (nSPS) is 20.3. The van der Waals surface area contributed by atoms with Gasteiger partial charge in [0.05, 0.1) is 0 Å². The van der Waals surface area contributed by atoms with Crippen molar-refractivity contribution in [1.82, 2.24) is 10.2 Å². The molecule has 1 aliphatic rings. The van der Waals surface area contributed by atoms with Crippen molar-refractivity contribution in [1.29, 1.82) is 0 Å². The van der Waals surface area contributed by atoms with Crippen LogP contribution in [0, 0.1) is 0 Å². The number of rotatable bonds is 7. The molecule has 0 aromatic rings. The van der Waals surface area contributed by atoms with E-state index in [1.165, 1.54) is 0 Å². The van der Waals surface area contributed by atoms with Gasteiger partial charge in [0.2, 0.25) is 0 Å². The first kappa shape index (κ1) is 15.7. The number of carboxylic acids is 1. The van der Waals surface area contributed by atoms with Gasteiger partial charge in [0.1, 0.15) is 0 Å². The summed E-state index contributed by atoms with van der Waals surface area (Å²) >= 11 is 0. The lowest BCUT2D eigenvalue weighted by atomic mass is 10.1. The second-order valence-corrected chi connectivity index (χ2v) is 4.73. The number of aliphatic hydroxyl groups excluding tert-OH is 2. The Morgan fingerprint density at radius 3 is 2.79 bits per heavy atom. The second-order valence-electron chi connectivity index (χ2n) is 4.73. The van der Waals surface area contributed by atoms with E-state index >= 15 is 0 Å². The number of amides is 2. The predicted octanol–water partition coefficient (Wildman–Crippen LogP) is -0.231. The van der Waals surface area contributed by atoms with Crippen LogP contribution in [-0.2, 0) is 4.79 Å². The Bertz CT molecular complexity index is 310. The highest BCUT2D eigenvalue weighted by atomic mass is 16.4. The fourth-order valence-corrected chi connectivity index (χ4v) is 2.27. The summed E-state index contributed by atoms with van der Waals surface area (Å²) in [6.07, 6.45) is 1.89. The predicted molar refractivity (Wildman–Crippen MR) is 67.7 cm³/mol. The average Bonchev–Trinajstić information content (AvgIpc) is 2.84. The highest BCUT2D eigenvalue weighted by Crippen LogP contribution is 2.21. The molecule has 0 aliphatic carbocycles. The molecule has 0 radical (unpaired) electrons. The molecule has 7 heteroatoms. The lowest BCUT2D eigenvalue weighted by Gasteiger charge is -2.25. The number of carbonyl (C=O) groups excluding carboxylic acids is 1. The van der Waals surface area contributed by atoms with Crippen LogP contribution in [0.1, 0.15) is 32.1 Å². The molecule has 2 amide bonds. The molecule has 2 atom stereocenters. The van der Waals surface area contributed by atoms with Gasteiger partial charge in [-0.3, -0.25) is 0 Å². The minimum atomic E-state index is -1.44. The Kier molecular flexibility index (Phi) is 6.58. The van der Waals surface area contributed by atoms with Crippen LogP contribution in [0.5, 0.6) is 0 Å². The fraction of sp³-hybridized carbons (Fsp3) is 0.833. The maximum Gasteiger partial charge on any atom is 0.332 e. The van der Waals surface area contributed by atoms with Gasteiger partial charge in [-0.15, -0.1) is 0 Å². The van der Waals surface area contributed by atoms with E-state index in [4.69, 9.17) is 15.3 Å². The molecule has 0 bridgehead atoms. The smallest absolute Gasteiger partial charge is 0.332 e. The van der Waals surface area contributed by atoms with Crippen LogP contribution in [0.4, 0.5) is 4.79 Å². The number of nitrogens with one attached hydrogen (secondary N) is 1.